The largest absolute Gasteiger partial charge is 0.207 e. The van der Waals surface area contributed by atoms with Crippen LogP contribution in [0.2, 0.25) is 0 Å². The molecule has 0 fully saturated rings. The third-order valence-corrected chi connectivity index (χ3v) is 4.38. The molecule has 0 saturated carbocycles. The van der Waals surface area contributed by atoms with Crippen LogP contribution in [0.15, 0.2) is 39.3 Å². The van der Waals surface area contributed by atoms with Crippen molar-refractivity contribution in [2.75, 3.05) is 0 Å². The molecule has 0 N–H and O–H groups in total. The van der Waals surface area contributed by atoms with Crippen molar-refractivity contribution < 1.29 is 13.2 Å². The quantitative estimate of drug-likeness (QED) is 0.476. The van der Waals surface area contributed by atoms with Gasteiger partial charge in [-0.2, -0.15) is 0 Å². The zero-order chi connectivity index (χ0) is 14.2. The van der Waals surface area contributed by atoms with Crippen LogP contribution in [0.25, 0.3) is 0 Å². The average Bonchev–Trinajstić information content (AvgIpc) is 2.25. The van der Waals surface area contributed by atoms with E-state index in [4.69, 9.17) is 0 Å². The number of hydrogen-bond acceptors (Lipinski definition) is 0. The van der Waals surface area contributed by atoms with Gasteiger partial charge in [-0.05, 0) is 23.8 Å². The molecule has 0 aliphatic rings. The van der Waals surface area contributed by atoms with Gasteiger partial charge in [-0.1, -0.05) is 47.8 Å². The van der Waals surface area contributed by atoms with Crippen LogP contribution in [0.3, 0.4) is 0 Å². The average molecular weight is 459 g/mol. The molecule has 6 heteroatoms. The molecule has 0 amide bonds. The highest BCUT2D eigenvalue weighted by Crippen LogP contribution is 2.37. The van der Waals surface area contributed by atoms with Crippen molar-refractivity contribution in [2.24, 2.45) is 0 Å². The molecule has 0 nitrogen and oxygen atoms in total. The van der Waals surface area contributed by atoms with E-state index in [9.17, 15) is 13.2 Å². The summed E-state index contributed by atoms with van der Waals surface area (Å²) in [6, 6.07) is 6.60. The summed E-state index contributed by atoms with van der Waals surface area (Å²) in [6.07, 6.45) is 0. The lowest BCUT2D eigenvalue weighted by molar-refractivity contribution is 0.527. The van der Waals surface area contributed by atoms with Crippen molar-refractivity contribution in [1.82, 2.24) is 0 Å². The predicted molar refractivity (Wildman–Crippen MR) is 78.9 cm³/mol. The maximum absolute atomic E-state index is 13.7. The third kappa shape index (κ3) is 3.41. The smallest absolute Gasteiger partial charge is 0.133 e. The summed E-state index contributed by atoms with van der Waals surface area (Å²) in [5.41, 5.74) is 0.428. The fourth-order valence-corrected chi connectivity index (χ4v) is 3.71. The first-order valence-electron chi connectivity index (χ1n) is 5.13. The van der Waals surface area contributed by atoms with Crippen molar-refractivity contribution in [3.63, 3.8) is 0 Å². The Morgan fingerprint density at radius 1 is 0.789 bits per heavy atom. The molecule has 100 valence electrons. The van der Waals surface area contributed by atoms with E-state index >= 15 is 0 Å². The molecule has 1 atom stereocenters. The van der Waals surface area contributed by atoms with Gasteiger partial charge in [0.15, 0.2) is 0 Å². The van der Waals surface area contributed by atoms with Gasteiger partial charge in [0.25, 0.3) is 0 Å². The van der Waals surface area contributed by atoms with E-state index in [1.54, 1.807) is 18.2 Å². The summed E-state index contributed by atoms with van der Waals surface area (Å²) >= 11 is 9.85. The minimum Gasteiger partial charge on any atom is -0.207 e. The molecular formula is C13H6Br3F3. The maximum atomic E-state index is 13.7. The molecular weight excluding hydrogens is 453 g/mol. The second-order valence-electron chi connectivity index (χ2n) is 3.85. The van der Waals surface area contributed by atoms with Gasteiger partial charge in [0.2, 0.25) is 0 Å². The normalized spacial score (nSPS) is 12.5. The van der Waals surface area contributed by atoms with Crippen LogP contribution in [-0.2, 0) is 0 Å². The summed E-state index contributed by atoms with van der Waals surface area (Å²) in [7, 11) is 0. The van der Waals surface area contributed by atoms with E-state index in [0.717, 1.165) is 8.95 Å². The van der Waals surface area contributed by atoms with Gasteiger partial charge in [-0.25, -0.2) is 13.2 Å². The summed E-state index contributed by atoms with van der Waals surface area (Å²) in [6.45, 7) is 0. The molecule has 0 radical (unpaired) electrons. The van der Waals surface area contributed by atoms with Crippen LogP contribution in [-0.4, -0.2) is 0 Å². The molecule has 0 saturated heterocycles. The van der Waals surface area contributed by atoms with Crippen LogP contribution in [0, 0.1) is 17.5 Å². The molecule has 0 aliphatic heterocycles. The van der Waals surface area contributed by atoms with Crippen molar-refractivity contribution in [2.45, 2.75) is 4.83 Å². The van der Waals surface area contributed by atoms with E-state index < -0.39 is 22.3 Å². The van der Waals surface area contributed by atoms with Gasteiger partial charge in [0.1, 0.15) is 17.5 Å². The first-order chi connectivity index (χ1) is 8.88. The molecule has 2 rings (SSSR count). The molecule has 0 heterocycles. The zero-order valence-corrected chi connectivity index (χ0v) is 14.0. The summed E-state index contributed by atoms with van der Waals surface area (Å²) in [5.74, 6) is -2.78. The van der Waals surface area contributed by atoms with Crippen molar-refractivity contribution in [3.05, 3.63) is 67.9 Å². The van der Waals surface area contributed by atoms with Crippen LogP contribution >= 0.6 is 47.8 Å². The van der Waals surface area contributed by atoms with Crippen LogP contribution in [0.5, 0.6) is 0 Å². The predicted octanol–water partition coefficient (Wildman–Crippen LogP) is 6.11. The van der Waals surface area contributed by atoms with E-state index in [-0.39, 0.29) is 5.56 Å². The van der Waals surface area contributed by atoms with Gasteiger partial charge < -0.3 is 0 Å². The topological polar surface area (TPSA) is 0 Å². The van der Waals surface area contributed by atoms with Gasteiger partial charge in [-0.15, -0.1) is 0 Å². The van der Waals surface area contributed by atoms with Crippen LogP contribution in [0.4, 0.5) is 13.2 Å². The standard InChI is InChI=1S/C13H6Br3F3/c14-7-1-6(2-8(15)3-7)13(16)12-10(18)4-9(17)5-11(12)19/h1-5,13H. The van der Waals surface area contributed by atoms with E-state index in [1.165, 1.54) is 0 Å². The van der Waals surface area contributed by atoms with Crippen molar-refractivity contribution >= 4 is 47.8 Å². The van der Waals surface area contributed by atoms with E-state index in [2.05, 4.69) is 47.8 Å². The molecule has 2 aromatic rings. The third-order valence-electron chi connectivity index (χ3n) is 2.47. The minimum absolute atomic E-state index is 0.216. The second kappa shape index (κ2) is 5.97. The Hall–Kier alpha value is -0.330. The molecule has 0 bridgehead atoms. The Kier molecular flexibility index (Phi) is 4.74. The van der Waals surface area contributed by atoms with Crippen molar-refractivity contribution in [3.8, 4) is 0 Å². The fraction of sp³-hybridized carbons (Fsp3) is 0.0769. The Morgan fingerprint density at radius 2 is 1.26 bits per heavy atom. The number of halogens is 6. The highest BCUT2D eigenvalue weighted by atomic mass is 79.9. The Labute approximate surface area is 133 Å². The van der Waals surface area contributed by atoms with E-state index in [0.29, 0.717) is 17.7 Å². The Bertz CT molecular complexity index is 585. The lowest BCUT2D eigenvalue weighted by Gasteiger charge is -2.14. The lowest BCUT2D eigenvalue weighted by atomic mass is 10.0. The SMILES string of the molecule is Fc1cc(F)c(C(Br)c2cc(Br)cc(Br)c2)c(F)c1. The highest BCUT2D eigenvalue weighted by molar-refractivity contribution is 9.11. The molecule has 19 heavy (non-hydrogen) atoms. The fourth-order valence-electron chi connectivity index (χ4n) is 1.68. The summed E-state index contributed by atoms with van der Waals surface area (Å²) < 4.78 is 41.9. The number of alkyl halides is 1. The van der Waals surface area contributed by atoms with Gasteiger partial charge in [-0.3, -0.25) is 0 Å². The minimum atomic E-state index is -0.936. The molecule has 0 spiro atoms. The molecule has 0 aromatic heterocycles. The zero-order valence-electron chi connectivity index (χ0n) is 9.23. The van der Waals surface area contributed by atoms with Crippen LogP contribution < -0.4 is 0 Å². The number of rotatable bonds is 2. The monoisotopic (exact) mass is 456 g/mol. The van der Waals surface area contributed by atoms with Gasteiger partial charge >= 0.3 is 0 Å². The lowest BCUT2D eigenvalue weighted by Crippen LogP contribution is -2.02. The van der Waals surface area contributed by atoms with Crippen molar-refractivity contribution in [1.29, 1.82) is 0 Å². The summed E-state index contributed by atoms with van der Waals surface area (Å²) in [5, 5.41) is 0. The molecule has 0 aliphatic carbocycles. The Morgan fingerprint density at radius 3 is 1.74 bits per heavy atom. The number of hydrogen-bond donors (Lipinski definition) is 0. The Balaban J connectivity index is 2.52. The van der Waals surface area contributed by atoms with E-state index in [1.807, 2.05) is 0 Å². The maximum Gasteiger partial charge on any atom is 0.133 e. The van der Waals surface area contributed by atoms with Gasteiger partial charge in [0, 0.05) is 26.6 Å². The first-order valence-corrected chi connectivity index (χ1v) is 7.63. The first kappa shape index (κ1) is 15.1. The molecule has 1 unspecified atom stereocenters. The second-order valence-corrected chi connectivity index (χ2v) is 6.60. The number of benzene rings is 2. The van der Waals surface area contributed by atoms with Crippen LogP contribution in [0.1, 0.15) is 16.0 Å². The summed E-state index contributed by atoms with van der Waals surface area (Å²) in [4.78, 5) is -0.707. The van der Waals surface area contributed by atoms with Gasteiger partial charge in [0.05, 0.1) is 4.83 Å². The molecule has 2 aromatic carbocycles. The highest BCUT2D eigenvalue weighted by Gasteiger charge is 2.21.